The maximum Gasteiger partial charge on any atom is 0.224 e. The van der Waals surface area contributed by atoms with Crippen LogP contribution < -0.4 is 10.6 Å². The maximum absolute atomic E-state index is 5.88. The van der Waals surface area contributed by atoms with E-state index < -0.39 is 0 Å². The summed E-state index contributed by atoms with van der Waals surface area (Å²) in [6.45, 7) is 3.60. The van der Waals surface area contributed by atoms with Crippen molar-refractivity contribution in [1.29, 1.82) is 0 Å². The zero-order chi connectivity index (χ0) is 11.5. The average molecular weight is 277 g/mol. The Labute approximate surface area is 113 Å². The van der Waals surface area contributed by atoms with Gasteiger partial charge >= 0.3 is 0 Å². The Bertz CT molecular complexity index is 352. The van der Waals surface area contributed by atoms with E-state index in [9.17, 15) is 0 Å². The van der Waals surface area contributed by atoms with Crippen LogP contribution in [0.4, 0.5) is 5.82 Å². The molecule has 2 rings (SSSR count). The van der Waals surface area contributed by atoms with Gasteiger partial charge in [-0.05, 0) is 37.8 Å². The van der Waals surface area contributed by atoms with Gasteiger partial charge in [0.1, 0.15) is 5.82 Å². The first-order chi connectivity index (χ1) is 7.70. The third kappa shape index (κ3) is 3.44. The molecule has 4 nitrogen and oxygen atoms in total. The SMILES string of the molecule is Cc1cc(N2CCCCC2CN)nc(Cl)n1.Cl. The Kier molecular flexibility index (Phi) is 5.43. The third-order valence-corrected chi connectivity index (χ3v) is 3.18. The second-order valence-corrected chi connectivity index (χ2v) is 4.55. The van der Waals surface area contributed by atoms with Gasteiger partial charge in [0.15, 0.2) is 0 Å². The largest absolute Gasteiger partial charge is 0.352 e. The fourth-order valence-corrected chi connectivity index (χ4v) is 2.43. The van der Waals surface area contributed by atoms with Crippen molar-refractivity contribution in [2.24, 2.45) is 5.73 Å². The van der Waals surface area contributed by atoms with Crippen LogP contribution in [0.5, 0.6) is 0 Å². The van der Waals surface area contributed by atoms with Crippen LogP contribution in [0.2, 0.25) is 5.28 Å². The van der Waals surface area contributed by atoms with Gasteiger partial charge < -0.3 is 10.6 Å². The van der Waals surface area contributed by atoms with Gasteiger partial charge in [-0.3, -0.25) is 0 Å². The van der Waals surface area contributed by atoms with Gasteiger partial charge in [-0.15, -0.1) is 12.4 Å². The monoisotopic (exact) mass is 276 g/mol. The van der Waals surface area contributed by atoms with E-state index in [0.717, 1.165) is 24.5 Å². The Morgan fingerprint density at radius 2 is 2.24 bits per heavy atom. The molecular weight excluding hydrogens is 259 g/mol. The highest BCUT2D eigenvalue weighted by atomic mass is 35.5. The Balaban J connectivity index is 0.00000144. The van der Waals surface area contributed by atoms with Crippen LogP contribution in [0.3, 0.4) is 0 Å². The van der Waals surface area contributed by atoms with Gasteiger partial charge in [-0.1, -0.05) is 0 Å². The number of halogens is 2. The Morgan fingerprint density at radius 3 is 2.88 bits per heavy atom. The molecule has 17 heavy (non-hydrogen) atoms. The molecule has 1 aromatic heterocycles. The topological polar surface area (TPSA) is 55.0 Å². The summed E-state index contributed by atoms with van der Waals surface area (Å²) in [5, 5.41) is 0.316. The van der Waals surface area contributed by atoms with Crippen molar-refractivity contribution in [3.05, 3.63) is 17.0 Å². The van der Waals surface area contributed by atoms with Crippen LogP contribution in [0.25, 0.3) is 0 Å². The number of hydrogen-bond acceptors (Lipinski definition) is 4. The quantitative estimate of drug-likeness (QED) is 0.842. The molecule has 0 bridgehead atoms. The summed E-state index contributed by atoms with van der Waals surface area (Å²) < 4.78 is 0. The van der Waals surface area contributed by atoms with Crippen LogP contribution in [-0.2, 0) is 0 Å². The summed E-state index contributed by atoms with van der Waals surface area (Å²) in [5.74, 6) is 0.910. The normalized spacial score (nSPS) is 19.9. The highest BCUT2D eigenvalue weighted by Crippen LogP contribution is 2.23. The fourth-order valence-electron chi connectivity index (χ4n) is 2.21. The van der Waals surface area contributed by atoms with Gasteiger partial charge in [0.05, 0.1) is 0 Å². The lowest BCUT2D eigenvalue weighted by molar-refractivity contribution is 0.462. The van der Waals surface area contributed by atoms with Crippen molar-refractivity contribution >= 4 is 29.8 Å². The van der Waals surface area contributed by atoms with Gasteiger partial charge in [-0.2, -0.15) is 0 Å². The molecule has 0 spiro atoms. The van der Waals surface area contributed by atoms with E-state index in [-0.39, 0.29) is 12.4 Å². The Hall–Kier alpha value is -0.580. The smallest absolute Gasteiger partial charge is 0.224 e. The minimum atomic E-state index is 0. The molecule has 1 aliphatic rings. The summed E-state index contributed by atoms with van der Waals surface area (Å²) in [6.07, 6.45) is 3.57. The summed E-state index contributed by atoms with van der Waals surface area (Å²) in [5.41, 5.74) is 6.69. The highest BCUT2D eigenvalue weighted by Gasteiger charge is 2.22. The molecule has 0 aliphatic carbocycles. The lowest BCUT2D eigenvalue weighted by atomic mass is 10.0. The number of aromatic nitrogens is 2. The Morgan fingerprint density at radius 1 is 1.47 bits per heavy atom. The molecular formula is C11H18Cl2N4. The lowest BCUT2D eigenvalue weighted by Gasteiger charge is -2.36. The predicted octanol–water partition coefficient (Wildman–Crippen LogP) is 2.18. The summed E-state index contributed by atoms with van der Waals surface area (Å²) in [7, 11) is 0. The molecule has 2 heterocycles. The van der Waals surface area contributed by atoms with Crippen LogP contribution in [-0.4, -0.2) is 29.1 Å². The second kappa shape index (κ2) is 6.38. The zero-order valence-electron chi connectivity index (χ0n) is 9.90. The molecule has 96 valence electrons. The molecule has 1 aromatic rings. The standard InChI is InChI=1S/C11H17ClN4.ClH/c1-8-6-10(15-11(12)14-8)16-5-3-2-4-9(16)7-13;/h6,9H,2-5,7,13H2,1H3;1H. The summed E-state index contributed by atoms with van der Waals surface area (Å²) in [6, 6.07) is 2.36. The van der Waals surface area contributed by atoms with E-state index in [0.29, 0.717) is 17.9 Å². The van der Waals surface area contributed by atoms with Crippen LogP contribution in [0.1, 0.15) is 25.0 Å². The zero-order valence-corrected chi connectivity index (χ0v) is 11.5. The maximum atomic E-state index is 5.88. The van der Waals surface area contributed by atoms with Crippen molar-refractivity contribution in [1.82, 2.24) is 9.97 Å². The molecule has 0 aromatic carbocycles. The number of nitrogens with two attached hydrogens (primary N) is 1. The fraction of sp³-hybridized carbons (Fsp3) is 0.636. The molecule has 0 saturated carbocycles. The molecule has 1 aliphatic heterocycles. The molecule has 0 amide bonds. The number of anilines is 1. The predicted molar refractivity (Wildman–Crippen MR) is 73.1 cm³/mol. The molecule has 2 N–H and O–H groups in total. The van der Waals surface area contributed by atoms with Gasteiger partial charge in [0, 0.05) is 30.9 Å². The van der Waals surface area contributed by atoms with Gasteiger partial charge in [-0.25, -0.2) is 9.97 Å². The van der Waals surface area contributed by atoms with Crippen molar-refractivity contribution in [3.63, 3.8) is 0 Å². The average Bonchev–Trinajstić information content (AvgIpc) is 2.27. The van der Waals surface area contributed by atoms with E-state index in [2.05, 4.69) is 14.9 Å². The van der Waals surface area contributed by atoms with Gasteiger partial charge in [0.25, 0.3) is 0 Å². The van der Waals surface area contributed by atoms with Gasteiger partial charge in [0.2, 0.25) is 5.28 Å². The third-order valence-electron chi connectivity index (χ3n) is 3.01. The lowest BCUT2D eigenvalue weighted by Crippen LogP contribution is -2.44. The molecule has 1 saturated heterocycles. The van der Waals surface area contributed by atoms with E-state index in [4.69, 9.17) is 17.3 Å². The minimum Gasteiger partial charge on any atom is -0.352 e. The van der Waals surface area contributed by atoms with E-state index in [1.54, 1.807) is 0 Å². The molecule has 1 unspecified atom stereocenters. The molecule has 1 atom stereocenters. The summed E-state index contributed by atoms with van der Waals surface area (Å²) >= 11 is 5.88. The number of hydrogen-bond donors (Lipinski definition) is 1. The minimum absolute atomic E-state index is 0. The first-order valence-corrected chi connectivity index (χ1v) is 6.06. The molecule has 6 heteroatoms. The van der Waals surface area contributed by atoms with E-state index >= 15 is 0 Å². The number of nitrogens with zero attached hydrogens (tertiary/aromatic N) is 3. The van der Waals surface area contributed by atoms with E-state index in [1.807, 2.05) is 13.0 Å². The van der Waals surface area contributed by atoms with Crippen molar-refractivity contribution < 1.29 is 0 Å². The number of aryl methyl sites for hydroxylation is 1. The highest BCUT2D eigenvalue weighted by molar-refractivity contribution is 6.28. The first kappa shape index (κ1) is 14.5. The van der Waals surface area contributed by atoms with Crippen LogP contribution in [0, 0.1) is 6.92 Å². The first-order valence-electron chi connectivity index (χ1n) is 5.68. The van der Waals surface area contributed by atoms with Crippen LogP contribution >= 0.6 is 24.0 Å². The molecule has 0 radical (unpaired) electrons. The van der Waals surface area contributed by atoms with E-state index in [1.165, 1.54) is 12.8 Å². The molecule has 1 fully saturated rings. The summed E-state index contributed by atoms with van der Waals surface area (Å²) in [4.78, 5) is 10.6. The second-order valence-electron chi connectivity index (χ2n) is 4.22. The number of piperidine rings is 1. The van der Waals surface area contributed by atoms with Crippen molar-refractivity contribution in [2.75, 3.05) is 18.0 Å². The van der Waals surface area contributed by atoms with Crippen molar-refractivity contribution in [3.8, 4) is 0 Å². The number of rotatable bonds is 2. The van der Waals surface area contributed by atoms with Crippen molar-refractivity contribution in [2.45, 2.75) is 32.2 Å². The van der Waals surface area contributed by atoms with Crippen LogP contribution in [0.15, 0.2) is 6.07 Å².